The molecule has 0 amide bonds. The lowest BCUT2D eigenvalue weighted by atomic mass is 9.80. The molecule has 8 nitrogen and oxygen atoms in total. The molecule has 0 saturated carbocycles. The first-order valence-corrected chi connectivity index (χ1v) is 12.4. The van der Waals surface area contributed by atoms with Gasteiger partial charge >= 0.3 is 0 Å². The lowest BCUT2D eigenvalue weighted by molar-refractivity contribution is 0.102. The Balaban J connectivity index is 1.38. The summed E-state index contributed by atoms with van der Waals surface area (Å²) in [5, 5.41) is 24.3. The highest BCUT2D eigenvalue weighted by molar-refractivity contribution is 6.34. The highest BCUT2D eigenvalue weighted by Gasteiger charge is 2.36. The number of aliphatic hydroxyl groups is 1. The van der Waals surface area contributed by atoms with Crippen LogP contribution in [0.25, 0.3) is 11.0 Å². The number of aliphatic hydroxyl groups excluding tert-OH is 1. The number of aromatic nitrogens is 4. The third kappa shape index (κ3) is 4.34. The smallest absolute Gasteiger partial charge is 0.188 e. The van der Waals surface area contributed by atoms with E-state index in [0.29, 0.717) is 33.2 Å². The molecule has 0 aliphatic carbocycles. The van der Waals surface area contributed by atoms with E-state index >= 15 is 0 Å². The fourth-order valence-corrected chi connectivity index (χ4v) is 5.78. The van der Waals surface area contributed by atoms with Gasteiger partial charge < -0.3 is 14.9 Å². The van der Waals surface area contributed by atoms with Crippen LogP contribution in [0.1, 0.15) is 37.1 Å². The van der Waals surface area contributed by atoms with Crippen molar-refractivity contribution in [3.63, 3.8) is 0 Å². The molecule has 3 aromatic rings. The Bertz CT molecular complexity index is 1230. The van der Waals surface area contributed by atoms with Gasteiger partial charge in [-0.3, -0.25) is 4.68 Å². The average molecular weight is 500 g/mol. The summed E-state index contributed by atoms with van der Waals surface area (Å²) in [4.78, 5) is 13.5. The van der Waals surface area contributed by atoms with E-state index in [1.807, 2.05) is 13.1 Å². The number of likely N-dealkylation sites (tertiary alicyclic amines) is 1. The van der Waals surface area contributed by atoms with Gasteiger partial charge in [-0.1, -0.05) is 23.2 Å². The van der Waals surface area contributed by atoms with E-state index in [2.05, 4.69) is 37.0 Å². The number of β-amino-alcohol motifs (C(OH)–C–C–N with tert-alkyl or cyclic N) is 1. The molecule has 0 bridgehead atoms. The molecule has 2 saturated heterocycles. The minimum atomic E-state index is -0.247. The number of nitrogens with zero attached hydrogens (tertiary/aromatic N) is 7. The minimum absolute atomic E-state index is 0.225. The summed E-state index contributed by atoms with van der Waals surface area (Å²) in [5.41, 5.74) is 3.48. The molecule has 10 heteroatoms. The summed E-state index contributed by atoms with van der Waals surface area (Å²) < 4.78 is 1.80. The summed E-state index contributed by atoms with van der Waals surface area (Å²) >= 11 is 12.4. The van der Waals surface area contributed by atoms with Crippen molar-refractivity contribution >= 4 is 39.9 Å². The minimum Gasteiger partial charge on any atom is -0.395 e. The van der Waals surface area contributed by atoms with Crippen molar-refractivity contribution in [3.05, 3.63) is 46.0 Å². The van der Waals surface area contributed by atoms with E-state index in [1.54, 1.807) is 16.9 Å². The molecule has 2 aliphatic heterocycles. The van der Waals surface area contributed by atoms with Crippen LogP contribution in [-0.2, 0) is 0 Å². The van der Waals surface area contributed by atoms with Gasteiger partial charge in [0, 0.05) is 37.9 Å². The Labute approximate surface area is 208 Å². The molecule has 0 aromatic carbocycles. The third-order valence-corrected chi connectivity index (χ3v) is 7.74. The van der Waals surface area contributed by atoms with E-state index in [-0.39, 0.29) is 12.6 Å². The summed E-state index contributed by atoms with van der Waals surface area (Å²) in [7, 11) is 0. The first-order valence-electron chi connectivity index (χ1n) is 11.7. The van der Waals surface area contributed by atoms with E-state index in [1.165, 1.54) is 12.8 Å². The molecular formula is C24H27Cl2N7O. The van der Waals surface area contributed by atoms with Crippen molar-refractivity contribution in [2.75, 3.05) is 44.2 Å². The van der Waals surface area contributed by atoms with Gasteiger partial charge in [0.25, 0.3) is 0 Å². The second-order valence-electron chi connectivity index (χ2n) is 9.26. The molecule has 3 aromatic heterocycles. The fourth-order valence-electron chi connectivity index (χ4n) is 5.25. The Hall–Kier alpha value is -2.44. The van der Waals surface area contributed by atoms with Crippen LogP contribution in [0.3, 0.4) is 0 Å². The Kier molecular flexibility index (Phi) is 6.63. The zero-order valence-electron chi connectivity index (χ0n) is 19.0. The van der Waals surface area contributed by atoms with Crippen molar-refractivity contribution in [2.24, 2.45) is 11.8 Å². The number of halogens is 2. The van der Waals surface area contributed by atoms with Crippen molar-refractivity contribution in [2.45, 2.75) is 25.8 Å². The number of fused-ring (bicyclic) bond motifs is 1. The SMILES string of the molecule is CC(c1cnc(Cl)cc1Cl)n1nc(C#N)c2ncc(N3CC([C@H]4CCCN(CCO)C4)C3)cc21. The number of anilines is 1. The molecule has 5 rings (SSSR count). The molecular weight excluding hydrogens is 473 g/mol. The van der Waals surface area contributed by atoms with E-state index in [4.69, 9.17) is 23.2 Å². The van der Waals surface area contributed by atoms with E-state index < -0.39 is 0 Å². The predicted molar refractivity (Wildman–Crippen MR) is 132 cm³/mol. The largest absolute Gasteiger partial charge is 0.395 e. The van der Waals surface area contributed by atoms with Crippen LogP contribution in [0.2, 0.25) is 10.2 Å². The quantitative estimate of drug-likeness (QED) is 0.515. The van der Waals surface area contributed by atoms with Gasteiger partial charge in [0.2, 0.25) is 0 Å². The van der Waals surface area contributed by atoms with Crippen LogP contribution < -0.4 is 4.90 Å². The molecule has 5 heterocycles. The Morgan fingerprint density at radius 1 is 1.18 bits per heavy atom. The zero-order valence-corrected chi connectivity index (χ0v) is 20.5. The van der Waals surface area contributed by atoms with Crippen LogP contribution in [-0.4, -0.2) is 69.1 Å². The molecule has 178 valence electrons. The Morgan fingerprint density at radius 2 is 2.00 bits per heavy atom. The fraction of sp³-hybridized carbons (Fsp3) is 0.500. The van der Waals surface area contributed by atoms with Gasteiger partial charge in [0.1, 0.15) is 16.7 Å². The molecule has 1 N–H and O–H groups in total. The highest BCUT2D eigenvalue weighted by atomic mass is 35.5. The van der Waals surface area contributed by atoms with E-state index in [0.717, 1.165) is 49.5 Å². The van der Waals surface area contributed by atoms with Gasteiger partial charge in [0.15, 0.2) is 5.69 Å². The Morgan fingerprint density at radius 3 is 2.74 bits per heavy atom. The van der Waals surface area contributed by atoms with Gasteiger partial charge in [-0.2, -0.15) is 10.4 Å². The van der Waals surface area contributed by atoms with Gasteiger partial charge in [-0.15, -0.1) is 0 Å². The molecule has 34 heavy (non-hydrogen) atoms. The maximum atomic E-state index is 9.61. The lowest BCUT2D eigenvalue weighted by Crippen LogP contribution is -2.53. The van der Waals surface area contributed by atoms with Crippen LogP contribution in [0.15, 0.2) is 24.5 Å². The van der Waals surface area contributed by atoms with Gasteiger partial charge in [-0.25, -0.2) is 9.97 Å². The second kappa shape index (κ2) is 9.67. The predicted octanol–water partition coefficient (Wildman–Crippen LogP) is 3.75. The molecule has 1 unspecified atom stereocenters. The zero-order chi connectivity index (χ0) is 23.8. The third-order valence-electron chi connectivity index (χ3n) is 7.20. The standard InChI is InChI=1S/C24H27Cl2N7O/c1-15(19-11-28-23(26)8-20(19)25)33-22-7-18(10-29-24(22)21(9-27)30-33)32-13-17(14-32)16-3-2-4-31(12-16)5-6-34/h7-8,10-11,15-17,34H,2-6,12-14H2,1H3/t15?,16-/m0/s1. The summed E-state index contributed by atoms with van der Waals surface area (Å²) in [6.45, 7) is 7.11. The number of piperidine rings is 1. The van der Waals surface area contributed by atoms with Crippen molar-refractivity contribution in [3.8, 4) is 6.07 Å². The van der Waals surface area contributed by atoms with Crippen LogP contribution in [0.4, 0.5) is 5.69 Å². The topological polar surface area (TPSA) is 94.1 Å². The number of pyridine rings is 2. The van der Waals surface area contributed by atoms with Crippen molar-refractivity contribution in [1.82, 2.24) is 24.6 Å². The molecule has 2 fully saturated rings. The average Bonchev–Trinajstić information content (AvgIpc) is 3.16. The first kappa shape index (κ1) is 23.3. The summed E-state index contributed by atoms with van der Waals surface area (Å²) in [6, 6.07) is 5.60. The lowest BCUT2D eigenvalue weighted by Gasteiger charge is -2.47. The normalized spacial score (nSPS) is 20.3. The van der Waals surface area contributed by atoms with Crippen molar-refractivity contribution < 1.29 is 5.11 Å². The van der Waals surface area contributed by atoms with Gasteiger partial charge in [-0.05, 0) is 50.3 Å². The van der Waals surface area contributed by atoms with E-state index in [9.17, 15) is 10.4 Å². The van der Waals surface area contributed by atoms with Crippen molar-refractivity contribution in [1.29, 1.82) is 5.26 Å². The molecule has 2 atom stereocenters. The number of rotatable bonds is 6. The maximum absolute atomic E-state index is 9.61. The second-order valence-corrected chi connectivity index (χ2v) is 10.1. The number of hydrogen-bond acceptors (Lipinski definition) is 7. The van der Waals surface area contributed by atoms with Crippen LogP contribution >= 0.6 is 23.2 Å². The molecule has 0 spiro atoms. The number of nitriles is 1. The summed E-state index contributed by atoms with van der Waals surface area (Å²) in [5.74, 6) is 1.32. The first-order chi connectivity index (χ1) is 16.5. The monoisotopic (exact) mass is 499 g/mol. The van der Waals surface area contributed by atoms with Gasteiger partial charge in [0.05, 0.1) is 35.1 Å². The summed E-state index contributed by atoms with van der Waals surface area (Å²) in [6.07, 6.45) is 5.94. The molecule has 2 aliphatic rings. The number of hydrogen-bond donors (Lipinski definition) is 1. The molecule has 0 radical (unpaired) electrons. The van der Waals surface area contributed by atoms with Crippen LogP contribution in [0, 0.1) is 23.2 Å². The van der Waals surface area contributed by atoms with Crippen LogP contribution in [0.5, 0.6) is 0 Å². The maximum Gasteiger partial charge on any atom is 0.188 e. The highest BCUT2D eigenvalue weighted by Crippen LogP contribution is 2.36.